The summed E-state index contributed by atoms with van der Waals surface area (Å²) in [5.41, 5.74) is 2.80. The molecule has 172 valence electrons. The van der Waals surface area contributed by atoms with Gasteiger partial charge in [0.15, 0.2) is 0 Å². The van der Waals surface area contributed by atoms with Crippen molar-refractivity contribution < 1.29 is 9.53 Å². The van der Waals surface area contributed by atoms with E-state index in [0.29, 0.717) is 18.9 Å². The van der Waals surface area contributed by atoms with Gasteiger partial charge < -0.3 is 9.64 Å². The second kappa shape index (κ2) is 11.5. The van der Waals surface area contributed by atoms with Gasteiger partial charge in [-0.05, 0) is 74.4 Å². The molecule has 0 aromatic heterocycles. The van der Waals surface area contributed by atoms with Crippen LogP contribution in [0.1, 0.15) is 50.2 Å². The zero-order chi connectivity index (χ0) is 22.2. The smallest absolute Gasteiger partial charge is 0.222 e. The van der Waals surface area contributed by atoms with Gasteiger partial charge in [0, 0.05) is 32.0 Å². The van der Waals surface area contributed by atoms with Crippen molar-refractivity contribution >= 4 is 5.91 Å². The van der Waals surface area contributed by atoms with E-state index in [1.165, 1.54) is 43.5 Å². The Morgan fingerprint density at radius 1 is 0.938 bits per heavy atom. The molecule has 4 heteroatoms. The van der Waals surface area contributed by atoms with Crippen LogP contribution in [0.2, 0.25) is 0 Å². The number of likely N-dealkylation sites (tertiary alicyclic amines) is 2. The quantitative estimate of drug-likeness (QED) is 0.575. The Bertz CT molecular complexity index is 846. The summed E-state index contributed by atoms with van der Waals surface area (Å²) in [5.74, 6) is 2.47. The lowest BCUT2D eigenvalue weighted by Gasteiger charge is -2.33. The Labute approximate surface area is 193 Å². The molecule has 2 aromatic carbocycles. The third-order valence-corrected chi connectivity index (χ3v) is 7.04. The van der Waals surface area contributed by atoms with E-state index in [1.54, 1.807) is 0 Å². The lowest BCUT2D eigenvalue weighted by Crippen LogP contribution is -2.41. The van der Waals surface area contributed by atoms with E-state index in [1.807, 2.05) is 11.8 Å². The molecule has 2 aliphatic heterocycles. The first-order valence-electron chi connectivity index (χ1n) is 12.5. The minimum absolute atomic E-state index is 0.268. The first-order valence-corrected chi connectivity index (χ1v) is 12.5. The molecule has 2 heterocycles. The zero-order valence-corrected chi connectivity index (χ0v) is 19.5. The molecule has 0 unspecified atom stereocenters. The molecular weight excluding hydrogens is 396 g/mol. The molecule has 2 saturated heterocycles. The Hall–Kier alpha value is -2.33. The van der Waals surface area contributed by atoms with Gasteiger partial charge in [-0.15, -0.1) is 0 Å². The second-order valence-electron chi connectivity index (χ2n) is 9.57. The van der Waals surface area contributed by atoms with E-state index in [9.17, 15) is 4.79 Å². The number of piperidine rings is 2. The van der Waals surface area contributed by atoms with Crippen molar-refractivity contribution in [2.45, 2.75) is 52.0 Å². The van der Waals surface area contributed by atoms with Crippen molar-refractivity contribution in [3.63, 3.8) is 0 Å². The number of carbonyl (C=O) groups excluding carboxylic acids is 1. The zero-order valence-electron chi connectivity index (χ0n) is 19.5. The molecule has 0 radical (unpaired) electrons. The summed E-state index contributed by atoms with van der Waals surface area (Å²) in [7, 11) is 0. The summed E-state index contributed by atoms with van der Waals surface area (Å²) in [6.45, 7) is 7.72. The number of benzene rings is 2. The van der Waals surface area contributed by atoms with Gasteiger partial charge in [0.1, 0.15) is 5.75 Å². The maximum absolute atomic E-state index is 12.0. The van der Waals surface area contributed by atoms with Crippen LogP contribution in [0.4, 0.5) is 0 Å². The molecular formula is C28H38N2O2. The van der Waals surface area contributed by atoms with Crippen LogP contribution >= 0.6 is 0 Å². The molecule has 4 rings (SSSR count). The summed E-state index contributed by atoms with van der Waals surface area (Å²) >= 11 is 0. The van der Waals surface area contributed by atoms with Gasteiger partial charge >= 0.3 is 0 Å². The average Bonchev–Trinajstić information content (AvgIpc) is 2.84. The van der Waals surface area contributed by atoms with Gasteiger partial charge in [0.05, 0.1) is 6.61 Å². The highest BCUT2D eigenvalue weighted by molar-refractivity contribution is 5.75. The van der Waals surface area contributed by atoms with Crippen LogP contribution < -0.4 is 4.74 Å². The number of nitrogens with zero attached hydrogens (tertiary/aromatic N) is 2. The predicted octanol–water partition coefficient (Wildman–Crippen LogP) is 5.17. The summed E-state index contributed by atoms with van der Waals surface area (Å²) < 4.78 is 6.16. The third-order valence-electron chi connectivity index (χ3n) is 7.04. The van der Waals surface area contributed by atoms with Gasteiger partial charge in [0.25, 0.3) is 0 Å². The molecule has 0 bridgehead atoms. The standard InChI is InChI=1S/C28H38N2O2/c1-2-28(31)30-15-7-11-26(21-30)22-32-27-12-6-10-25(19-27)20-29-16-13-24(14-17-29)18-23-8-4-3-5-9-23/h3-6,8-10,12,19,24,26H,2,7,11,13-18,20-22H2,1H3/t26-/m1/s1. The Morgan fingerprint density at radius 3 is 2.50 bits per heavy atom. The van der Waals surface area contributed by atoms with E-state index in [2.05, 4.69) is 59.5 Å². The SMILES string of the molecule is CCC(=O)N1CCC[C@@H](COc2cccc(CN3CCC(Cc4ccccc4)CC3)c2)C1. The Kier molecular flexibility index (Phi) is 8.22. The molecule has 2 fully saturated rings. The fourth-order valence-corrected chi connectivity index (χ4v) is 5.15. The van der Waals surface area contributed by atoms with Crippen molar-refractivity contribution in [1.82, 2.24) is 9.80 Å². The van der Waals surface area contributed by atoms with Crippen LogP contribution in [0.5, 0.6) is 5.75 Å². The first-order chi connectivity index (χ1) is 15.7. The lowest BCUT2D eigenvalue weighted by atomic mass is 9.90. The van der Waals surface area contributed by atoms with Gasteiger partial charge in [-0.1, -0.05) is 49.4 Å². The highest BCUT2D eigenvalue weighted by atomic mass is 16.5. The van der Waals surface area contributed by atoms with E-state index < -0.39 is 0 Å². The van der Waals surface area contributed by atoms with Gasteiger partial charge in [-0.3, -0.25) is 9.69 Å². The van der Waals surface area contributed by atoms with Crippen LogP contribution in [0, 0.1) is 11.8 Å². The van der Waals surface area contributed by atoms with E-state index >= 15 is 0 Å². The number of rotatable bonds is 8. The lowest BCUT2D eigenvalue weighted by molar-refractivity contribution is -0.132. The second-order valence-corrected chi connectivity index (χ2v) is 9.57. The number of hydrogen-bond acceptors (Lipinski definition) is 3. The van der Waals surface area contributed by atoms with Crippen LogP contribution in [0.3, 0.4) is 0 Å². The van der Waals surface area contributed by atoms with Gasteiger partial charge in [-0.25, -0.2) is 0 Å². The molecule has 0 saturated carbocycles. The van der Waals surface area contributed by atoms with Crippen LogP contribution in [0.25, 0.3) is 0 Å². The molecule has 4 nitrogen and oxygen atoms in total. The molecule has 32 heavy (non-hydrogen) atoms. The Morgan fingerprint density at radius 2 is 1.72 bits per heavy atom. The molecule has 2 aliphatic rings. The van der Waals surface area contributed by atoms with Gasteiger partial charge in [0.2, 0.25) is 5.91 Å². The van der Waals surface area contributed by atoms with Crippen molar-refractivity contribution in [1.29, 1.82) is 0 Å². The van der Waals surface area contributed by atoms with Crippen LogP contribution in [-0.4, -0.2) is 48.5 Å². The van der Waals surface area contributed by atoms with Crippen molar-refractivity contribution in [3.05, 3.63) is 65.7 Å². The molecule has 0 aliphatic carbocycles. The first kappa shape index (κ1) is 22.8. The highest BCUT2D eigenvalue weighted by Crippen LogP contribution is 2.24. The topological polar surface area (TPSA) is 32.8 Å². The van der Waals surface area contributed by atoms with Crippen molar-refractivity contribution in [2.24, 2.45) is 11.8 Å². The average molecular weight is 435 g/mol. The van der Waals surface area contributed by atoms with E-state index in [4.69, 9.17) is 4.74 Å². The number of hydrogen-bond donors (Lipinski definition) is 0. The Balaban J connectivity index is 1.22. The summed E-state index contributed by atoms with van der Waals surface area (Å²) in [5, 5.41) is 0. The van der Waals surface area contributed by atoms with E-state index in [0.717, 1.165) is 44.1 Å². The van der Waals surface area contributed by atoms with Crippen LogP contribution in [-0.2, 0) is 17.8 Å². The van der Waals surface area contributed by atoms with Crippen molar-refractivity contribution in [2.75, 3.05) is 32.8 Å². The minimum atomic E-state index is 0.268. The summed E-state index contributed by atoms with van der Waals surface area (Å²) in [6.07, 6.45) is 6.59. The summed E-state index contributed by atoms with van der Waals surface area (Å²) in [6, 6.07) is 19.5. The van der Waals surface area contributed by atoms with E-state index in [-0.39, 0.29) is 5.91 Å². The summed E-state index contributed by atoms with van der Waals surface area (Å²) in [4.78, 5) is 16.6. The predicted molar refractivity (Wildman–Crippen MR) is 130 cm³/mol. The number of carbonyl (C=O) groups is 1. The number of ether oxygens (including phenoxy) is 1. The molecule has 2 aromatic rings. The largest absolute Gasteiger partial charge is 0.493 e. The normalized spacial score (nSPS) is 20.3. The highest BCUT2D eigenvalue weighted by Gasteiger charge is 2.23. The molecule has 1 atom stereocenters. The number of amides is 1. The monoisotopic (exact) mass is 434 g/mol. The minimum Gasteiger partial charge on any atom is -0.493 e. The maximum atomic E-state index is 12.0. The fraction of sp³-hybridized carbons (Fsp3) is 0.536. The molecule has 0 spiro atoms. The van der Waals surface area contributed by atoms with Crippen LogP contribution in [0.15, 0.2) is 54.6 Å². The molecule has 0 N–H and O–H groups in total. The fourth-order valence-electron chi connectivity index (χ4n) is 5.15. The maximum Gasteiger partial charge on any atom is 0.222 e. The third kappa shape index (κ3) is 6.59. The van der Waals surface area contributed by atoms with Gasteiger partial charge in [-0.2, -0.15) is 0 Å². The van der Waals surface area contributed by atoms with Crippen molar-refractivity contribution in [3.8, 4) is 5.75 Å². The molecule has 1 amide bonds.